The van der Waals surface area contributed by atoms with E-state index in [1.54, 1.807) is 12.1 Å². The summed E-state index contributed by atoms with van der Waals surface area (Å²) in [6, 6.07) is 6.51. The first-order valence-electron chi connectivity index (χ1n) is 7.74. The van der Waals surface area contributed by atoms with Gasteiger partial charge in [0, 0.05) is 19.7 Å². The highest BCUT2D eigenvalue weighted by atomic mass is 32.2. The zero-order chi connectivity index (χ0) is 16.7. The monoisotopic (exact) mass is 340 g/mol. The second-order valence-electron chi connectivity index (χ2n) is 5.40. The molecule has 0 bridgehead atoms. The minimum Gasteiger partial charge on any atom is -0.376 e. The average molecular weight is 340 g/mol. The molecule has 0 radical (unpaired) electrons. The number of hydrogen-bond acceptors (Lipinski definition) is 4. The van der Waals surface area contributed by atoms with Gasteiger partial charge in [-0.15, -0.1) is 0 Å². The van der Waals surface area contributed by atoms with Gasteiger partial charge < -0.3 is 15.4 Å². The Bertz CT molecular complexity index is 640. The summed E-state index contributed by atoms with van der Waals surface area (Å²) in [5, 5.41) is 11.6. The average Bonchev–Trinajstić information content (AvgIpc) is 3.03. The van der Waals surface area contributed by atoms with Crippen LogP contribution in [0.4, 0.5) is 0 Å². The second kappa shape index (κ2) is 8.28. The van der Waals surface area contributed by atoms with Crippen molar-refractivity contribution in [1.82, 2.24) is 10.6 Å². The molecule has 1 atom stereocenters. The van der Waals surface area contributed by atoms with E-state index < -0.39 is 10.0 Å². The Kier molecular flexibility index (Phi) is 6.37. The van der Waals surface area contributed by atoms with Crippen LogP contribution in [0.15, 0.2) is 34.2 Å². The minimum absolute atomic E-state index is 0.0996. The van der Waals surface area contributed by atoms with Crippen LogP contribution in [-0.4, -0.2) is 40.2 Å². The first-order chi connectivity index (χ1) is 11.0. The highest BCUT2D eigenvalue weighted by Crippen LogP contribution is 2.11. The Balaban J connectivity index is 1.99. The number of nitrogens with zero attached hydrogens (tertiary/aromatic N) is 1. The van der Waals surface area contributed by atoms with Gasteiger partial charge in [0.1, 0.15) is 0 Å². The van der Waals surface area contributed by atoms with Gasteiger partial charge >= 0.3 is 0 Å². The zero-order valence-electron chi connectivity index (χ0n) is 13.3. The van der Waals surface area contributed by atoms with Crippen LogP contribution in [-0.2, 0) is 21.3 Å². The van der Waals surface area contributed by atoms with Crippen molar-refractivity contribution < 1.29 is 13.2 Å². The number of nitrogens with one attached hydrogen (secondary N) is 2. The van der Waals surface area contributed by atoms with Crippen LogP contribution in [0.3, 0.4) is 0 Å². The summed E-state index contributed by atoms with van der Waals surface area (Å²) in [5.41, 5.74) is 0.783. The molecular formula is C15H24N4O3S. The summed E-state index contributed by atoms with van der Waals surface area (Å²) in [6.45, 7) is 4.63. The smallest absolute Gasteiger partial charge is 0.238 e. The zero-order valence-corrected chi connectivity index (χ0v) is 14.1. The lowest BCUT2D eigenvalue weighted by Crippen LogP contribution is -2.41. The van der Waals surface area contributed by atoms with Crippen molar-refractivity contribution in [3.8, 4) is 0 Å². The van der Waals surface area contributed by atoms with Crippen molar-refractivity contribution in [3.63, 3.8) is 0 Å². The molecule has 1 heterocycles. The summed E-state index contributed by atoms with van der Waals surface area (Å²) in [5.74, 6) is 0.684. The topological polar surface area (TPSA) is 106 Å². The van der Waals surface area contributed by atoms with E-state index in [9.17, 15) is 8.42 Å². The molecule has 1 aromatic rings. The van der Waals surface area contributed by atoms with Gasteiger partial charge in [0.15, 0.2) is 5.96 Å². The molecule has 1 aliphatic heterocycles. The maximum absolute atomic E-state index is 11.4. The van der Waals surface area contributed by atoms with E-state index in [2.05, 4.69) is 15.6 Å². The summed E-state index contributed by atoms with van der Waals surface area (Å²) >= 11 is 0. The summed E-state index contributed by atoms with van der Waals surface area (Å²) < 4.78 is 28.3. The lowest BCUT2D eigenvalue weighted by molar-refractivity contribution is 0.114. The number of aliphatic imine (C=N–C) groups is 1. The molecule has 0 spiro atoms. The number of guanidine groups is 1. The molecule has 2 rings (SSSR count). The molecule has 0 amide bonds. The first-order valence-corrected chi connectivity index (χ1v) is 9.29. The molecule has 23 heavy (non-hydrogen) atoms. The molecule has 1 unspecified atom stereocenters. The molecule has 1 aliphatic rings. The summed E-state index contributed by atoms with van der Waals surface area (Å²) in [4.78, 5) is 4.57. The molecule has 1 aromatic carbocycles. The lowest BCUT2D eigenvalue weighted by Gasteiger charge is -2.14. The standard InChI is InChI=1S/C15H24N4O3S/c1-2-17-15(19-11-13-6-4-8-22-13)18-10-12-5-3-7-14(9-12)23(16,20)21/h3,5,7,9,13H,2,4,6,8,10-11H2,1H3,(H2,16,20,21)(H2,17,18,19). The molecule has 0 saturated carbocycles. The molecular weight excluding hydrogens is 316 g/mol. The highest BCUT2D eigenvalue weighted by molar-refractivity contribution is 7.89. The Morgan fingerprint density at radius 3 is 2.91 bits per heavy atom. The fraction of sp³-hybridized carbons (Fsp3) is 0.533. The predicted octanol–water partition coefficient (Wildman–Crippen LogP) is 0.568. The van der Waals surface area contributed by atoms with Gasteiger partial charge in [0.05, 0.1) is 17.5 Å². The quantitative estimate of drug-likeness (QED) is 0.518. The third-order valence-electron chi connectivity index (χ3n) is 3.51. The molecule has 0 aromatic heterocycles. The van der Waals surface area contributed by atoms with Crippen LogP contribution in [0.2, 0.25) is 0 Å². The SMILES string of the molecule is CCNC(=NCc1cccc(S(N)(=O)=O)c1)NCC1CCCO1. The normalized spacial score (nSPS) is 18.9. The van der Waals surface area contributed by atoms with E-state index >= 15 is 0 Å². The van der Waals surface area contributed by atoms with Crippen LogP contribution in [0, 0.1) is 0 Å². The molecule has 0 aliphatic carbocycles. The fourth-order valence-electron chi connectivity index (χ4n) is 2.35. The summed E-state index contributed by atoms with van der Waals surface area (Å²) in [7, 11) is -3.69. The maximum atomic E-state index is 11.4. The Hall–Kier alpha value is -1.64. The van der Waals surface area contributed by atoms with E-state index in [0.717, 1.165) is 31.6 Å². The number of primary sulfonamides is 1. The number of ether oxygens (including phenoxy) is 1. The number of nitrogens with two attached hydrogens (primary N) is 1. The van der Waals surface area contributed by atoms with Crippen LogP contribution in [0.25, 0.3) is 0 Å². The number of benzene rings is 1. The predicted molar refractivity (Wildman–Crippen MR) is 89.6 cm³/mol. The van der Waals surface area contributed by atoms with Crippen molar-refractivity contribution >= 4 is 16.0 Å². The van der Waals surface area contributed by atoms with Crippen molar-refractivity contribution in [2.24, 2.45) is 10.1 Å². The first kappa shape index (κ1) is 17.7. The van der Waals surface area contributed by atoms with Gasteiger partial charge in [0.25, 0.3) is 0 Å². The van der Waals surface area contributed by atoms with Gasteiger partial charge in [-0.1, -0.05) is 12.1 Å². The van der Waals surface area contributed by atoms with Crippen LogP contribution in [0.5, 0.6) is 0 Å². The Morgan fingerprint density at radius 1 is 1.43 bits per heavy atom. The van der Waals surface area contributed by atoms with Crippen molar-refractivity contribution in [3.05, 3.63) is 29.8 Å². The van der Waals surface area contributed by atoms with E-state index in [0.29, 0.717) is 19.0 Å². The van der Waals surface area contributed by atoms with Gasteiger partial charge in [-0.2, -0.15) is 0 Å². The van der Waals surface area contributed by atoms with E-state index in [-0.39, 0.29) is 11.0 Å². The van der Waals surface area contributed by atoms with Crippen LogP contribution in [0.1, 0.15) is 25.3 Å². The van der Waals surface area contributed by atoms with E-state index in [1.165, 1.54) is 6.07 Å². The van der Waals surface area contributed by atoms with Crippen molar-refractivity contribution in [2.75, 3.05) is 19.7 Å². The Labute approximate surface area is 137 Å². The highest BCUT2D eigenvalue weighted by Gasteiger charge is 2.15. The van der Waals surface area contributed by atoms with Gasteiger partial charge in [0.2, 0.25) is 10.0 Å². The van der Waals surface area contributed by atoms with E-state index in [1.807, 2.05) is 13.0 Å². The largest absolute Gasteiger partial charge is 0.376 e. The van der Waals surface area contributed by atoms with E-state index in [4.69, 9.17) is 9.88 Å². The minimum atomic E-state index is -3.69. The second-order valence-corrected chi connectivity index (χ2v) is 6.96. The van der Waals surface area contributed by atoms with Crippen LogP contribution >= 0.6 is 0 Å². The van der Waals surface area contributed by atoms with Gasteiger partial charge in [-0.3, -0.25) is 0 Å². The van der Waals surface area contributed by atoms with Gasteiger partial charge in [-0.25, -0.2) is 18.5 Å². The van der Waals surface area contributed by atoms with Gasteiger partial charge in [-0.05, 0) is 37.5 Å². The molecule has 7 nitrogen and oxygen atoms in total. The molecule has 1 saturated heterocycles. The number of sulfonamides is 1. The Morgan fingerprint density at radius 2 is 2.26 bits per heavy atom. The fourth-order valence-corrected chi connectivity index (χ4v) is 2.93. The summed E-state index contributed by atoms with van der Waals surface area (Å²) in [6.07, 6.45) is 2.38. The molecule has 1 fully saturated rings. The third kappa shape index (κ3) is 5.81. The molecule has 128 valence electrons. The lowest BCUT2D eigenvalue weighted by atomic mass is 10.2. The maximum Gasteiger partial charge on any atom is 0.238 e. The molecule has 4 N–H and O–H groups in total. The molecule has 8 heteroatoms. The number of hydrogen-bond donors (Lipinski definition) is 3. The number of rotatable bonds is 6. The van der Waals surface area contributed by atoms with Crippen molar-refractivity contribution in [1.29, 1.82) is 0 Å². The van der Waals surface area contributed by atoms with Crippen molar-refractivity contribution in [2.45, 2.75) is 37.3 Å². The van der Waals surface area contributed by atoms with Crippen LogP contribution < -0.4 is 15.8 Å². The third-order valence-corrected chi connectivity index (χ3v) is 4.42.